The molecule has 142 valence electrons. The summed E-state index contributed by atoms with van der Waals surface area (Å²) in [6.07, 6.45) is 1.81. The summed E-state index contributed by atoms with van der Waals surface area (Å²) in [4.78, 5) is 19.3. The lowest BCUT2D eigenvalue weighted by molar-refractivity contribution is 0.0516. The first kappa shape index (κ1) is 18.9. The van der Waals surface area contributed by atoms with Crippen molar-refractivity contribution in [2.45, 2.75) is 39.9 Å². The van der Waals surface area contributed by atoms with Gasteiger partial charge in [-0.05, 0) is 38.5 Å². The number of nitrogens with two attached hydrogens (primary N) is 1. The molecule has 0 saturated heterocycles. The number of rotatable bonds is 7. The minimum atomic E-state index is -0.404. The van der Waals surface area contributed by atoms with Crippen LogP contribution in [-0.4, -0.2) is 32.9 Å². The number of anilines is 1. The minimum Gasteiger partial charge on any atom is -0.461 e. The lowest BCUT2D eigenvalue weighted by Gasteiger charge is -2.26. The van der Waals surface area contributed by atoms with Gasteiger partial charge >= 0.3 is 5.97 Å². The standard InChI is InChI=1S/C21H26N4O2/c1-4-27-21(26)20-18(25-13-17(22)10-11-19(25)23-20)14-24(15(2)3)12-16-8-6-5-7-9-16/h5-11,13,15H,4,12,14,22H2,1-3H3. The highest BCUT2D eigenvalue weighted by atomic mass is 16.5. The number of imidazole rings is 1. The van der Waals surface area contributed by atoms with Crippen molar-refractivity contribution in [2.24, 2.45) is 0 Å². The van der Waals surface area contributed by atoms with Gasteiger partial charge in [0.25, 0.3) is 0 Å². The smallest absolute Gasteiger partial charge is 0.358 e. The highest BCUT2D eigenvalue weighted by Crippen LogP contribution is 2.20. The molecule has 2 N–H and O–H groups in total. The maximum Gasteiger partial charge on any atom is 0.358 e. The third kappa shape index (κ3) is 4.28. The highest BCUT2D eigenvalue weighted by Gasteiger charge is 2.23. The normalized spacial score (nSPS) is 11.4. The Hall–Kier alpha value is -2.86. The van der Waals surface area contributed by atoms with Crippen LogP contribution in [0, 0.1) is 0 Å². The Kier molecular flexibility index (Phi) is 5.76. The first-order chi connectivity index (χ1) is 13.0. The Balaban J connectivity index is 2.00. The van der Waals surface area contributed by atoms with Crippen LogP contribution in [0.5, 0.6) is 0 Å². The summed E-state index contributed by atoms with van der Waals surface area (Å²) >= 11 is 0. The van der Waals surface area contributed by atoms with Crippen LogP contribution in [-0.2, 0) is 17.8 Å². The van der Waals surface area contributed by atoms with E-state index in [1.54, 1.807) is 19.2 Å². The molecule has 3 aromatic rings. The molecule has 6 heteroatoms. The SMILES string of the molecule is CCOC(=O)c1nc2ccc(N)cn2c1CN(Cc1ccccc1)C(C)C. The molecule has 2 heterocycles. The van der Waals surface area contributed by atoms with Crippen molar-refractivity contribution < 1.29 is 9.53 Å². The van der Waals surface area contributed by atoms with Gasteiger partial charge in [0, 0.05) is 31.0 Å². The van der Waals surface area contributed by atoms with E-state index in [0.29, 0.717) is 30.2 Å². The number of nitrogens with zero attached hydrogens (tertiary/aromatic N) is 3. The average molecular weight is 366 g/mol. The van der Waals surface area contributed by atoms with Crippen LogP contribution in [0.1, 0.15) is 42.5 Å². The number of hydrogen-bond acceptors (Lipinski definition) is 5. The third-order valence-electron chi connectivity index (χ3n) is 4.52. The molecule has 0 radical (unpaired) electrons. The van der Waals surface area contributed by atoms with Gasteiger partial charge in [-0.25, -0.2) is 9.78 Å². The topological polar surface area (TPSA) is 72.9 Å². The molecule has 0 aliphatic heterocycles. The van der Waals surface area contributed by atoms with E-state index in [-0.39, 0.29) is 6.04 Å². The zero-order valence-electron chi connectivity index (χ0n) is 16.1. The lowest BCUT2D eigenvalue weighted by Crippen LogP contribution is -2.31. The van der Waals surface area contributed by atoms with Crippen molar-refractivity contribution in [2.75, 3.05) is 12.3 Å². The molecule has 0 saturated carbocycles. The summed E-state index contributed by atoms with van der Waals surface area (Å²) in [7, 11) is 0. The van der Waals surface area contributed by atoms with Crippen LogP contribution < -0.4 is 5.73 Å². The summed E-state index contributed by atoms with van der Waals surface area (Å²) in [5, 5.41) is 0. The van der Waals surface area contributed by atoms with Gasteiger partial charge in [-0.15, -0.1) is 0 Å². The van der Waals surface area contributed by atoms with Gasteiger partial charge in [-0.2, -0.15) is 0 Å². The molecular weight excluding hydrogens is 340 g/mol. The van der Waals surface area contributed by atoms with E-state index in [4.69, 9.17) is 10.5 Å². The summed E-state index contributed by atoms with van der Waals surface area (Å²) in [6.45, 7) is 7.73. The van der Waals surface area contributed by atoms with E-state index in [1.807, 2.05) is 28.7 Å². The molecule has 27 heavy (non-hydrogen) atoms. The number of fused-ring (bicyclic) bond motifs is 1. The van der Waals surface area contributed by atoms with Gasteiger partial charge in [-0.1, -0.05) is 30.3 Å². The van der Waals surface area contributed by atoms with E-state index >= 15 is 0 Å². The molecule has 0 spiro atoms. The second-order valence-corrected chi connectivity index (χ2v) is 6.80. The largest absolute Gasteiger partial charge is 0.461 e. The van der Waals surface area contributed by atoms with Crippen LogP contribution in [0.2, 0.25) is 0 Å². The molecule has 2 aromatic heterocycles. The van der Waals surface area contributed by atoms with Crippen molar-refractivity contribution in [1.82, 2.24) is 14.3 Å². The molecule has 3 rings (SSSR count). The van der Waals surface area contributed by atoms with E-state index in [9.17, 15) is 4.79 Å². The van der Waals surface area contributed by atoms with Crippen molar-refractivity contribution in [1.29, 1.82) is 0 Å². The third-order valence-corrected chi connectivity index (χ3v) is 4.52. The number of aromatic nitrogens is 2. The van der Waals surface area contributed by atoms with Crippen LogP contribution >= 0.6 is 0 Å². The second kappa shape index (κ2) is 8.22. The number of hydrogen-bond donors (Lipinski definition) is 1. The molecule has 0 atom stereocenters. The maximum absolute atomic E-state index is 12.5. The number of carbonyl (C=O) groups excluding carboxylic acids is 1. The summed E-state index contributed by atoms with van der Waals surface area (Å²) in [5.41, 5.74) is 9.64. The fraction of sp³-hybridized carbons (Fsp3) is 0.333. The van der Waals surface area contributed by atoms with Gasteiger partial charge in [0.05, 0.1) is 12.3 Å². The fourth-order valence-corrected chi connectivity index (χ4v) is 3.06. The molecule has 0 aliphatic carbocycles. The molecule has 1 aromatic carbocycles. The van der Waals surface area contributed by atoms with Crippen molar-refractivity contribution >= 4 is 17.3 Å². The highest BCUT2D eigenvalue weighted by molar-refractivity contribution is 5.89. The van der Waals surface area contributed by atoms with Crippen molar-refractivity contribution in [3.63, 3.8) is 0 Å². The molecule has 0 amide bonds. The number of esters is 1. The van der Waals surface area contributed by atoms with E-state index in [0.717, 1.165) is 12.2 Å². The molecule has 6 nitrogen and oxygen atoms in total. The summed E-state index contributed by atoms with van der Waals surface area (Å²) in [5.74, 6) is -0.404. The van der Waals surface area contributed by atoms with Crippen molar-refractivity contribution in [3.8, 4) is 0 Å². The maximum atomic E-state index is 12.5. The Bertz CT molecular complexity index is 919. The zero-order chi connectivity index (χ0) is 19.4. The Morgan fingerprint density at radius 2 is 1.93 bits per heavy atom. The fourth-order valence-electron chi connectivity index (χ4n) is 3.06. The van der Waals surface area contributed by atoms with Gasteiger partial charge in [0.15, 0.2) is 5.69 Å². The van der Waals surface area contributed by atoms with Gasteiger partial charge in [0.2, 0.25) is 0 Å². The summed E-state index contributed by atoms with van der Waals surface area (Å²) < 4.78 is 7.12. The lowest BCUT2D eigenvalue weighted by atomic mass is 10.1. The molecule has 0 aliphatic rings. The average Bonchev–Trinajstić information content (AvgIpc) is 3.00. The van der Waals surface area contributed by atoms with E-state index < -0.39 is 5.97 Å². The number of benzene rings is 1. The second-order valence-electron chi connectivity index (χ2n) is 6.80. The van der Waals surface area contributed by atoms with Gasteiger partial charge in [-0.3, -0.25) is 9.30 Å². The molecule has 0 unspecified atom stereocenters. The van der Waals surface area contributed by atoms with Crippen molar-refractivity contribution in [3.05, 3.63) is 65.6 Å². The Morgan fingerprint density at radius 1 is 1.19 bits per heavy atom. The van der Waals surface area contributed by atoms with Crippen LogP contribution in [0.15, 0.2) is 48.7 Å². The van der Waals surface area contributed by atoms with Crippen LogP contribution in [0.3, 0.4) is 0 Å². The summed E-state index contributed by atoms with van der Waals surface area (Å²) in [6, 6.07) is 14.2. The number of pyridine rings is 1. The quantitative estimate of drug-likeness (QED) is 0.648. The Labute approximate surface area is 159 Å². The number of ether oxygens (including phenoxy) is 1. The Morgan fingerprint density at radius 3 is 2.59 bits per heavy atom. The minimum absolute atomic E-state index is 0.284. The predicted octanol–water partition coefficient (Wildman–Crippen LogP) is 3.50. The van der Waals surface area contributed by atoms with Gasteiger partial charge < -0.3 is 10.5 Å². The molecule has 0 bridgehead atoms. The first-order valence-electron chi connectivity index (χ1n) is 9.21. The van der Waals surface area contributed by atoms with Gasteiger partial charge in [0.1, 0.15) is 5.65 Å². The first-order valence-corrected chi connectivity index (χ1v) is 9.21. The van der Waals surface area contributed by atoms with Crippen LogP contribution in [0.4, 0.5) is 5.69 Å². The number of nitrogen functional groups attached to an aromatic ring is 1. The molecule has 0 fully saturated rings. The number of carbonyl (C=O) groups is 1. The zero-order valence-corrected chi connectivity index (χ0v) is 16.1. The predicted molar refractivity (Wildman–Crippen MR) is 106 cm³/mol. The van der Waals surface area contributed by atoms with E-state index in [1.165, 1.54) is 5.56 Å². The van der Waals surface area contributed by atoms with E-state index in [2.05, 4.69) is 35.9 Å². The monoisotopic (exact) mass is 366 g/mol. The van der Waals surface area contributed by atoms with Crippen LogP contribution in [0.25, 0.3) is 5.65 Å². The molecular formula is C21H26N4O2.